The van der Waals surface area contributed by atoms with Crippen LogP contribution >= 0.6 is 0 Å². The molecule has 2 unspecified atom stereocenters. The van der Waals surface area contributed by atoms with Crippen LogP contribution < -0.4 is 5.48 Å². The van der Waals surface area contributed by atoms with Crippen molar-refractivity contribution in [1.29, 1.82) is 0 Å². The molecule has 0 aliphatic heterocycles. The zero-order chi connectivity index (χ0) is 15.9. The molecule has 1 amide bonds. The summed E-state index contributed by atoms with van der Waals surface area (Å²) in [5.74, 6) is -2.24. The number of hydrogen-bond acceptors (Lipinski definition) is 3. The van der Waals surface area contributed by atoms with Gasteiger partial charge in [-0.1, -0.05) is 27.2 Å². The molecule has 0 rings (SSSR count). The Bertz CT molecular complexity index is 326. The van der Waals surface area contributed by atoms with Crippen molar-refractivity contribution in [3.63, 3.8) is 0 Å². The van der Waals surface area contributed by atoms with E-state index in [1.54, 1.807) is 0 Å². The van der Waals surface area contributed by atoms with Crippen LogP contribution in [0.3, 0.4) is 0 Å². The van der Waals surface area contributed by atoms with Crippen LogP contribution in [0, 0.1) is 17.8 Å². The van der Waals surface area contributed by atoms with Gasteiger partial charge in [0.2, 0.25) is 5.91 Å². The third-order valence-corrected chi connectivity index (χ3v) is 2.92. The third kappa shape index (κ3) is 8.63. The van der Waals surface area contributed by atoms with Crippen LogP contribution in [0.2, 0.25) is 0 Å². The maximum atomic E-state index is 12.2. The van der Waals surface area contributed by atoms with Crippen LogP contribution in [-0.2, 0) is 14.4 Å². The number of rotatable bonds is 8. The van der Waals surface area contributed by atoms with Crippen molar-refractivity contribution in [2.45, 2.75) is 66.4 Å². The van der Waals surface area contributed by atoms with Gasteiger partial charge in [-0.2, -0.15) is 0 Å². The minimum Gasteiger partial charge on any atom is -0.481 e. The predicted molar refractivity (Wildman–Crippen MR) is 78.0 cm³/mol. The van der Waals surface area contributed by atoms with Gasteiger partial charge >= 0.3 is 5.97 Å². The summed E-state index contributed by atoms with van der Waals surface area (Å²) in [6.45, 7) is 11.3. The molecule has 0 bridgehead atoms. The molecule has 0 saturated heterocycles. The van der Waals surface area contributed by atoms with Gasteiger partial charge in [0.25, 0.3) is 0 Å². The van der Waals surface area contributed by atoms with Gasteiger partial charge in [0, 0.05) is 0 Å². The minimum atomic E-state index is -0.914. The summed E-state index contributed by atoms with van der Waals surface area (Å²) < 4.78 is 0. The largest absolute Gasteiger partial charge is 0.481 e. The van der Waals surface area contributed by atoms with Gasteiger partial charge in [-0.05, 0) is 39.5 Å². The first-order valence-corrected chi connectivity index (χ1v) is 7.29. The molecule has 0 aliphatic rings. The first kappa shape index (κ1) is 21.2. The van der Waals surface area contributed by atoms with E-state index in [0.29, 0.717) is 12.8 Å². The van der Waals surface area contributed by atoms with E-state index in [1.807, 2.05) is 41.5 Å². The fourth-order valence-corrected chi connectivity index (χ4v) is 2.05. The average Bonchev–Trinajstić information content (AvgIpc) is 2.29. The molecule has 130 valence electrons. The molecular weight excluding hydrogens is 515 g/mol. The molecule has 21 heavy (non-hydrogen) atoms. The van der Waals surface area contributed by atoms with E-state index in [-0.39, 0.29) is 11.8 Å². The second-order valence-electron chi connectivity index (χ2n) is 6.65. The molecule has 6 heteroatoms. The van der Waals surface area contributed by atoms with Crippen molar-refractivity contribution in [3.8, 4) is 0 Å². The molecule has 0 aliphatic carbocycles. The Labute approximate surface area is 122 Å². The number of hydroxylamine groups is 1. The van der Waals surface area contributed by atoms with Gasteiger partial charge in [-0.25, -0.2) is 5.48 Å². The van der Waals surface area contributed by atoms with Crippen molar-refractivity contribution >= 4 is 11.9 Å². The molecule has 0 radical (unpaired) electrons. The maximum absolute atomic E-state index is 12.2. The maximum Gasteiger partial charge on any atom is 0.307 e. The van der Waals surface area contributed by atoms with Crippen LogP contribution in [0.4, 0.5) is 0 Å². The monoisotopic (exact) mass is 544 g/mol. The smallest absolute Gasteiger partial charge is 0.307 e. The van der Waals surface area contributed by atoms with Gasteiger partial charge in [-0.3, -0.25) is 14.4 Å². The van der Waals surface area contributed by atoms with Crippen molar-refractivity contribution in [2.24, 2.45) is 17.8 Å². The van der Waals surface area contributed by atoms with Crippen molar-refractivity contribution in [2.75, 3.05) is 0 Å². The average molecular weight is 544 g/mol. The summed E-state index contributed by atoms with van der Waals surface area (Å²) in [5.41, 5.74) is 1.92. The fraction of sp³-hybridized carbons (Fsp3) is 0.867. The van der Waals surface area contributed by atoms with E-state index in [0.717, 1.165) is 6.42 Å². The number of hydrogen-bond donors (Lipinski definition) is 2. The first-order chi connectivity index (χ1) is 9.08. The summed E-state index contributed by atoms with van der Waals surface area (Å²) in [4.78, 5) is 28.9. The zero-order valence-electron chi connectivity index (χ0n) is 13.8. The molecule has 2 N–H and O–H groups in total. The molecule has 0 aromatic heterocycles. The summed E-state index contributed by atoms with van der Waals surface area (Å²) in [6.07, 6.45) is 1.79. The number of nitrogens with one attached hydrogen (secondary N) is 1. The van der Waals surface area contributed by atoms with Gasteiger partial charge in [0.1, 0.15) is 0 Å². The predicted octanol–water partition coefficient (Wildman–Crippen LogP) is 3.00. The molecule has 0 spiro atoms. The minimum absolute atomic E-state index is 0. The SMILES string of the molecule is CCCC(C(=O)NOC(C)(C)C)C(CC(C)C)C(=O)O.[Fm]. The van der Waals surface area contributed by atoms with E-state index < -0.39 is 23.4 Å². The number of carboxylic acid groups (broad SMARTS) is 1. The normalized spacial score (nSPS) is 14.2. The molecule has 0 heterocycles. The quantitative estimate of drug-likeness (QED) is 0.461. The molecular formula is C15H29FmNO4. The summed E-state index contributed by atoms with van der Waals surface area (Å²) in [7, 11) is 0. The van der Waals surface area contributed by atoms with E-state index in [1.165, 1.54) is 0 Å². The van der Waals surface area contributed by atoms with E-state index >= 15 is 0 Å². The number of carboxylic acids is 1. The molecule has 0 aromatic carbocycles. The topological polar surface area (TPSA) is 75.6 Å². The second kappa shape index (κ2) is 8.95. The molecule has 0 fully saturated rings. The molecule has 5 nitrogen and oxygen atoms in total. The Morgan fingerprint density at radius 2 is 1.71 bits per heavy atom. The Morgan fingerprint density at radius 1 is 1.19 bits per heavy atom. The Kier molecular flexibility index (Phi) is 9.04. The van der Waals surface area contributed by atoms with Gasteiger partial charge in [0.15, 0.2) is 0 Å². The van der Waals surface area contributed by atoms with Gasteiger partial charge < -0.3 is 5.11 Å². The van der Waals surface area contributed by atoms with E-state index in [4.69, 9.17) is 4.84 Å². The summed E-state index contributed by atoms with van der Waals surface area (Å²) in [6, 6.07) is 0. The van der Waals surface area contributed by atoms with Crippen molar-refractivity contribution < 1.29 is 19.5 Å². The molecule has 2 atom stereocenters. The third-order valence-electron chi connectivity index (χ3n) is 2.92. The van der Waals surface area contributed by atoms with Crippen molar-refractivity contribution in [1.82, 2.24) is 5.48 Å². The van der Waals surface area contributed by atoms with Gasteiger partial charge in [0.05, 0.1) is 17.4 Å². The van der Waals surface area contributed by atoms with Crippen LogP contribution in [0.25, 0.3) is 0 Å². The standard InChI is InChI=1S/C15H29NO4.Fm/c1-7-8-11(12(14(18)19)9-10(2)3)13(17)16-20-15(4,5)6;/h10-12H,7-9H2,1-6H3,(H,16,17)(H,18,19);. The van der Waals surface area contributed by atoms with Crippen LogP contribution in [0.15, 0.2) is 0 Å². The summed E-state index contributed by atoms with van der Waals surface area (Å²) in [5, 5.41) is 9.38. The Balaban J connectivity index is 0. The molecule has 0 saturated carbocycles. The Morgan fingerprint density at radius 3 is 2.05 bits per heavy atom. The van der Waals surface area contributed by atoms with Gasteiger partial charge in [-0.15, -0.1) is 0 Å². The number of amides is 1. The fourth-order valence-electron chi connectivity index (χ4n) is 2.05. The Hall–Kier alpha value is -2.10. The van der Waals surface area contributed by atoms with Crippen LogP contribution in [0.5, 0.6) is 0 Å². The second-order valence-corrected chi connectivity index (χ2v) is 6.65. The van der Waals surface area contributed by atoms with E-state index in [2.05, 4.69) is 5.48 Å². The number of carbonyl (C=O) groups excluding carboxylic acids is 1. The first-order valence-electron chi connectivity index (χ1n) is 7.29. The molecule has 0 aromatic rings. The number of aliphatic carboxylic acids is 1. The van der Waals surface area contributed by atoms with Crippen molar-refractivity contribution in [3.05, 3.63) is 0 Å². The van der Waals surface area contributed by atoms with Crippen LogP contribution in [-0.4, -0.2) is 22.6 Å². The zero-order valence-corrected chi connectivity index (χ0v) is 16.2. The van der Waals surface area contributed by atoms with Crippen LogP contribution in [0.1, 0.15) is 60.8 Å². The number of carbonyl (C=O) groups is 2. The summed E-state index contributed by atoms with van der Waals surface area (Å²) >= 11 is 0. The van der Waals surface area contributed by atoms with E-state index in [9.17, 15) is 14.7 Å².